The van der Waals surface area contributed by atoms with Crippen molar-refractivity contribution >= 4 is 35.9 Å². The molecule has 4 rings (SSSR count). The summed E-state index contributed by atoms with van der Waals surface area (Å²) in [6.45, 7) is 1.12. The average molecular weight is 451 g/mol. The highest BCUT2D eigenvalue weighted by atomic mass is 32.2. The van der Waals surface area contributed by atoms with Crippen molar-refractivity contribution in [2.75, 3.05) is 25.1 Å². The van der Waals surface area contributed by atoms with Gasteiger partial charge in [0.2, 0.25) is 0 Å². The fraction of sp³-hybridized carbons (Fsp3) is 0.280. The van der Waals surface area contributed by atoms with Crippen LogP contribution in [-0.2, 0) is 11.2 Å². The number of aromatic nitrogens is 1. The van der Waals surface area contributed by atoms with Gasteiger partial charge in [0, 0.05) is 11.9 Å². The Kier molecular flexibility index (Phi) is 7.17. The van der Waals surface area contributed by atoms with Crippen LogP contribution in [0.3, 0.4) is 0 Å². The minimum Gasteiger partial charge on any atom is -0.492 e. The van der Waals surface area contributed by atoms with Crippen LogP contribution in [0.5, 0.6) is 5.75 Å². The number of aliphatic carboxylic acids is 1. The number of nitrogens with zero attached hydrogens (tertiary/aromatic N) is 2. The van der Waals surface area contributed by atoms with Gasteiger partial charge in [-0.2, -0.15) is 4.98 Å². The second-order valence-electron chi connectivity index (χ2n) is 7.61. The first-order chi connectivity index (χ1) is 15.6. The molecular formula is C25H26N2O4S. The highest BCUT2D eigenvalue weighted by molar-refractivity contribution is 8.00. The molecule has 1 aromatic heterocycles. The van der Waals surface area contributed by atoms with E-state index in [1.54, 1.807) is 0 Å². The molecule has 0 saturated carbocycles. The molecular weight excluding hydrogens is 424 g/mol. The normalized spacial score (nSPS) is 13.4. The molecule has 1 N–H and O–H groups in total. The molecule has 6 nitrogen and oxygen atoms in total. The molecule has 0 aliphatic heterocycles. The summed E-state index contributed by atoms with van der Waals surface area (Å²) in [4.78, 5) is 19.1. The lowest BCUT2D eigenvalue weighted by Gasteiger charge is -2.15. The van der Waals surface area contributed by atoms with Crippen LogP contribution in [0.2, 0.25) is 0 Å². The van der Waals surface area contributed by atoms with Crippen LogP contribution in [0.25, 0.3) is 12.2 Å². The maximum atomic E-state index is 11.7. The van der Waals surface area contributed by atoms with Gasteiger partial charge in [0.15, 0.2) is 5.42 Å². The van der Waals surface area contributed by atoms with Crippen LogP contribution in [0.1, 0.15) is 18.4 Å². The largest absolute Gasteiger partial charge is 0.492 e. The Labute approximate surface area is 191 Å². The minimum absolute atomic E-state index is 0.445. The number of carbonyl (C=O) groups is 1. The molecule has 0 radical (unpaired) electrons. The minimum atomic E-state index is -0.814. The molecule has 1 atom stereocenters. The summed E-state index contributed by atoms with van der Waals surface area (Å²) in [5.74, 6) is -0.0660. The summed E-state index contributed by atoms with van der Waals surface area (Å²) < 4.78 is 11.7. The van der Waals surface area contributed by atoms with Gasteiger partial charge in [-0.15, -0.1) is 11.8 Å². The van der Waals surface area contributed by atoms with Crippen molar-refractivity contribution in [2.24, 2.45) is 0 Å². The van der Waals surface area contributed by atoms with Gasteiger partial charge >= 0.3 is 5.97 Å². The summed E-state index contributed by atoms with van der Waals surface area (Å²) in [6.07, 6.45) is 6.61. The first-order valence-corrected chi connectivity index (χ1v) is 11.5. The number of anilines is 1. The van der Waals surface area contributed by atoms with Crippen LogP contribution in [-0.4, -0.2) is 41.5 Å². The van der Waals surface area contributed by atoms with Crippen molar-refractivity contribution in [3.63, 3.8) is 0 Å². The second-order valence-corrected chi connectivity index (χ2v) is 8.88. The number of ether oxygens (including phenoxy) is 1. The summed E-state index contributed by atoms with van der Waals surface area (Å²) in [5, 5.41) is 9.97. The Balaban J connectivity index is 1.28. The molecule has 32 heavy (non-hydrogen) atoms. The van der Waals surface area contributed by atoms with Crippen molar-refractivity contribution in [3.8, 4) is 5.75 Å². The number of thioether (sulfide) groups is 1. The van der Waals surface area contributed by atoms with E-state index in [9.17, 15) is 9.90 Å². The van der Waals surface area contributed by atoms with E-state index >= 15 is 0 Å². The molecule has 1 aliphatic carbocycles. The van der Waals surface area contributed by atoms with E-state index < -0.39 is 11.2 Å². The van der Waals surface area contributed by atoms with E-state index in [0.29, 0.717) is 25.6 Å². The predicted molar refractivity (Wildman–Crippen MR) is 127 cm³/mol. The first-order valence-electron chi connectivity index (χ1n) is 10.6. The van der Waals surface area contributed by atoms with E-state index in [1.165, 1.54) is 11.8 Å². The van der Waals surface area contributed by atoms with Crippen molar-refractivity contribution in [3.05, 3.63) is 70.9 Å². The van der Waals surface area contributed by atoms with Gasteiger partial charge in [-0.1, -0.05) is 36.4 Å². The molecule has 2 aromatic carbocycles. The van der Waals surface area contributed by atoms with Gasteiger partial charge in [0.1, 0.15) is 23.0 Å². The number of rotatable bonds is 10. The van der Waals surface area contributed by atoms with Crippen LogP contribution in [0, 0.1) is 0 Å². The third kappa shape index (κ3) is 5.73. The predicted octanol–water partition coefficient (Wildman–Crippen LogP) is 3.33. The topological polar surface area (TPSA) is 75.8 Å². The number of carboxylic acid groups (broad SMARTS) is 1. The van der Waals surface area contributed by atoms with Gasteiger partial charge < -0.3 is 19.2 Å². The Bertz CT molecular complexity index is 1130. The lowest BCUT2D eigenvalue weighted by atomic mass is 10.1. The Morgan fingerprint density at radius 2 is 1.91 bits per heavy atom. The lowest BCUT2D eigenvalue weighted by molar-refractivity contribution is -0.136. The smallest absolute Gasteiger partial charge is 0.317 e. The number of likely N-dealkylation sites (N-methyl/N-ethyl adjacent to an activating group) is 1. The molecule has 3 aromatic rings. The van der Waals surface area contributed by atoms with Crippen LogP contribution in [0.4, 0.5) is 6.01 Å². The van der Waals surface area contributed by atoms with E-state index in [-0.39, 0.29) is 0 Å². The fourth-order valence-corrected chi connectivity index (χ4v) is 4.42. The SMILES string of the molecule is CN(CCOc1ccc(CC(Sc2ccccc2)C(=O)O)cc1)c1nc2c(o1)=CCCC=2. The average Bonchev–Trinajstić information content (AvgIpc) is 3.25. The van der Waals surface area contributed by atoms with Crippen molar-refractivity contribution in [1.82, 2.24) is 4.98 Å². The zero-order valence-corrected chi connectivity index (χ0v) is 18.8. The third-order valence-corrected chi connectivity index (χ3v) is 6.36. The number of hydrogen-bond acceptors (Lipinski definition) is 6. The quantitative estimate of drug-likeness (QED) is 0.475. The van der Waals surface area contributed by atoms with Gasteiger partial charge in [-0.25, -0.2) is 0 Å². The Morgan fingerprint density at radius 1 is 1.16 bits per heavy atom. The molecule has 1 heterocycles. The molecule has 1 aliphatic rings. The zero-order valence-electron chi connectivity index (χ0n) is 17.9. The van der Waals surface area contributed by atoms with E-state index in [2.05, 4.69) is 17.1 Å². The molecule has 166 valence electrons. The van der Waals surface area contributed by atoms with Gasteiger partial charge in [-0.3, -0.25) is 4.79 Å². The van der Waals surface area contributed by atoms with E-state index in [4.69, 9.17) is 9.15 Å². The first kappa shape index (κ1) is 22.0. The maximum Gasteiger partial charge on any atom is 0.317 e. The monoisotopic (exact) mass is 450 g/mol. The van der Waals surface area contributed by atoms with E-state index in [1.807, 2.05) is 66.5 Å². The molecule has 0 bridgehead atoms. The summed E-state index contributed by atoms with van der Waals surface area (Å²) in [6, 6.07) is 17.8. The summed E-state index contributed by atoms with van der Waals surface area (Å²) in [5.41, 5.74) is 1.81. The Morgan fingerprint density at radius 3 is 2.62 bits per heavy atom. The number of carboxylic acids is 1. The van der Waals surface area contributed by atoms with Crippen molar-refractivity contribution < 1.29 is 19.1 Å². The van der Waals surface area contributed by atoms with Gasteiger partial charge in [0.05, 0.1) is 6.54 Å². The Hall–Kier alpha value is -3.19. The lowest BCUT2D eigenvalue weighted by Crippen LogP contribution is -2.25. The fourth-order valence-electron chi connectivity index (χ4n) is 3.40. The zero-order chi connectivity index (χ0) is 22.3. The van der Waals surface area contributed by atoms with Crippen LogP contribution in [0.15, 0.2) is 63.9 Å². The van der Waals surface area contributed by atoms with E-state index in [0.717, 1.165) is 39.8 Å². The number of oxazole rings is 1. The van der Waals surface area contributed by atoms with Crippen molar-refractivity contribution in [2.45, 2.75) is 29.4 Å². The highest BCUT2D eigenvalue weighted by Gasteiger charge is 2.19. The van der Waals surface area contributed by atoms with Crippen LogP contribution >= 0.6 is 11.8 Å². The van der Waals surface area contributed by atoms with Gasteiger partial charge in [-0.05, 0) is 55.2 Å². The molecule has 0 fully saturated rings. The summed E-state index contributed by atoms with van der Waals surface area (Å²) in [7, 11) is 1.93. The van der Waals surface area contributed by atoms with Crippen LogP contribution < -0.4 is 20.4 Å². The standard InChI is InChI=1S/C25H26N2O4S/c1-27(25-26-21-9-5-6-10-22(21)31-25)15-16-30-19-13-11-18(12-14-19)17-23(24(28)29)32-20-7-3-2-4-8-20/h2-4,7-14,23H,5-6,15-17H2,1H3,(H,28,29). The molecule has 7 heteroatoms. The highest BCUT2D eigenvalue weighted by Crippen LogP contribution is 2.26. The maximum absolute atomic E-state index is 11.7. The molecule has 0 saturated heterocycles. The molecule has 1 unspecified atom stereocenters. The van der Waals surface area contributed by atoms with Gasteiger partial charge in [0.25, 0.3) is 6.01 Å². The summed E-state index contributed by atoms with van der Waals surface area (Å²) >= 11 is 1.36. The number of benzene rings is 2. The molecule has 0 amide bonds. The second kappa shape index (κ2) is 10.4. The number of fused-ring (bicyclic) bond motifs is 1. The third-order valence-electron chi connectivity index (χ3n) is 5.17. The molecule has 0 spiro atoms. The van der Waals surface area contributed by atoms with Crippen molar-refractivity contribution in [1.29, 1.82) is 0 Å². The number of hydrogen-bond donors (Lipinski definition) is 1.